The molecular weight excluding hydrogens is 308 g/mol. The molecule has 7 heteroatoms. The summed E-state index contributed by atoms with van der Waals surface area (Å²) in [5, 5.41) is 0. The molecule has 0 aliphatic carbocycles. The van der Waals surface area contributed by atoms with Gasteiger partial charge in [0.15, 0.2) is 11.9 Å². The Balaban J connectivity index is 2.08. The number of likely N-dealkylation sites (tertiary alicyclic amines) is 1. The van der Waals surface area contributed by atoms with Gasteiger partial charge in [-0.15, -0.1) is 0 Å². The summed E-state index contributed by atoms with van der Waals surface area (Å²) in [5.74, 6) is 0.240. The van der Waals surface area contributed by atoms with Gasteiger partial charge in [0, 0.05) is 45.0 Å². The first-order valence-electron chi connectivity index (χ1n) is 8.54. The Morgan fingerprint density at radius 1 is 1.46 bits per heavy atom. The fourth-order valence-electron chi connectivity index (χ4n) is 3.15. The van der Waals surface area contributed by atoms with Crippen molar-refractivity contribution in [1.29, 1.82) is 0 Å². The van der Waals surface area contributed by atoms with Crippen LogP contribution in [-0.2, 0) is 20.9 Å². The highest BCUT2D eigenvalue weighted by atomic mass is 16.5. The van der Waals surface area contributed by atoms with Crippen LogP contribution >= 0.6 is 0 Å². The summed E-state index contributed by atoms with van der Waals surface area (Å²) in [6.07, 6.45) is 5.10. The van der Waals surface area contributed by atoms with Gasteiger partial charge < -0.3 is 19.1 Å². The van der Waals surface area contributed by atoms with Crippen molar-refractivity contribution in [3.8, 4) is 0 Å². The molecule has 0 radical (unpaired) electrons. The Morgan fingerprint density at radius 2 is 2.21 bits per heavy atom. The van der Waals surface area contributed by atoms with Crippen LogP contribution in [0.25, 0.3) is 0 Å². The predicted molar refractivity (Wildman–Crippen MR) is 90.3 cm³/mol. The van der Waals surface area contributed by atoms with E-state index in [0.717, 1.165) is 25.9 Å². The van der Waals surface area contributed by atoms with Crippen LogP contribution < -0.4 is 0 Å². The van der Waals surface area contributed by atoms with E-state index in [2.05, 4.69) is 9.88 Å². The molecule has 1 aliphatic heterocycles. The summed E-state index contributed by atoms with van der Waals surface area (Å²) in [7, 11) is 4.08. The van der Waals surface area contributed by atoms with E-state index in [1.165, 1.54) is 6.92 Å². The largest absolute Gasteiger partial charge is 0.454 e. The van der Waals surface area contributed by atoms with Crippen LogP contribution in [0.4, 0.5) is 0 Å². The molecule has 0 spiro atoms. The van der Waals surface area contributed by atoms with E-state index >= 15 is 0 Å². The van der Waals surface area contributed by atoms with Crippen LogP contribution in [0.5, 0.6) is 0 Å². The lowest BCUT2D eigenvalue weighted by molar-refractivity contribution is -0.150. The van der Waals surface area contributed by atoms with Crippen molar-refractivity contribution in [2.75, 3.05) is 27.2 Å². The molecule has 134 valence electrons. The number of piperidine rings is 1. The number of hydrogen-bond donors (Lipinski definition) is 0. The molecule has 0 N–H and O–H groups in total. The number of hydrogen-bond acceptors (Lipinski definition) is 5. The lowest BCUT2D eigenvalue weighted by Gasteiger charge is -2.36. The summed E-state index contributed by atoms with van der Waals surface area (Å²) >= 11 is 0. The molecule has 1 aromatic heterocycles. The van der Waals surface area contributed by atoms with Crippen LogP contribution in [0, 0.1) is 0 Å². The van der Waals surface area contributed by atoms with Crippen molar-refractivity contribution in [3.05, 3.63) is 18.2 Å². The van der Waals surface area contributed by atoms with E-state index < -0.39 is 12.1 Å². The highest BCUT2D eigenvalue weighted by molar-refractivity contribution is 5.77. The topological polar surface area (TPSA) is 67.7 Å². The third-order valence-electron chi connectivity index (χ3n) is 4.52. The van der Waals surface area contributed by atoms with Crippen LogP contribution in [0.2, 0.25) is 0 Å². The van der Waals surface area contributed by atoms with Crippen molar-refractivity contribution in [2.24, 2.45) is 0 Å². The number of nitrogens with zero attached hydrogens (tertiary/aromatic N) is 4. The van der Waals surface area contributed by atoms with Gasteiger partial charge in [-0.05, 0) is 33.9 Å². The van der Waals surface area contributed by atoms with E-state index in [0.29, 0.717) is 18.4 Å². The second-order valence-corrected chi connectivity index (χ2v) is 6.47. The minimum Gasteiger partial charge on any atom is -0.454 e. The number of esters is 1. The number of ether oxygens (including phenoxy) is 1. The molecule has 1 aromatic rings. The van der Waals surface area contributed by atoms with Gasteiger partial charge in [-0.3, -0.25) is 9.59 Å². The molecule has 7 nitrogen and oxygen atoms in total. The predicted octanol–water partition coefficient (Wildman–Crippen LogP) is 1.45. The SMILES string of the molecule is CCn1ccnc1C(CC(=O)N1CCC[C@@H](N(C)C)C1)OC(C)=O. The third kappa shape index (κ3) is 4.56. The highest BCUT2D eigenvalue weighted by Gasteiger charge is 2.29. The van der Waals surface area contributed by atoms with Crippen molar-refractivity contribution in [3.63, 3.8) is 0 Å². The fraction of sp³-hybridized carbons (Fsp3) is 0.706. The maximum absolute atomic E-state index is 12.7. The Hall–Kier alpha value is -1.89. The molecule has 0 bridgehead atoms. The van der Waals surface area contributed by atoms with Crippen molar-refractivity contribution in [2.45, 2.75) is 51.8 Å². The molecule has 2 atom stereocenters. The van der Waals surface area contributed by atoms with Gasteiger partial charge in [0.2, 0.25) is 5.91 Å². The van der Waals surface area contributed by atoms with Crippen LogP contribution in [-0.4, -0.2) is 64.5 Å². The van der Waals surface area contributed by atoms with E-state index in [9.17, 15) is 9.59 Å². The van der Waals surface area contributed by atoms with Crippen LogP contribution in [0.3, 0.4) is 0 Å². The first kappa shape index (κ1) is 18.4. The van der Waals surface area contributed by atoms with Crippen LogP contribution in [0.15, 0.2) is 12.4 Å². The monoisotopic (exact) mass is 336 g/mol. The Bertz CT molecular complexity index is 570. The van der Waals surface area contributed by atoms with Gasteiger partial charge in [-0.2, -0.15) is 0 Å². The molecule has 0 aromatic carbocycles. The number of likely N-dealkylation sites (N-methyl/N-ethyl adjacent to an activating group) is 1. The van der Waals surface area contributed by atoms with E-state index in [1.807, 2.05) is 36.7 Å². The van der Waals surface area contributed by atoms with Gasteiger partial charge in [-0.25, -0.2) is 4.98 Å². The fourth-order valence-corrected chi connectivity index (χ4v) is 3.15. The summed E-state index contributed by atoms with van der Waals surface area (Å²) < 4.78 is 7.30. The van der Waals surface area contributed by atoms with Crippen molar-refractivity contribution < 1.29 is 14.3 Å². The van der Waals surface area contributed by atoms with Crippen molar-refractivity contribution >= 4 is 11.9 Å². The standard InChI is InChI=1S/C17H28N4O3/c1-5-20-10-8-18-17(20)15(24-13(2)22)11-16(23)21-9-6-7-14(12-21)19(3)4/h8,10,14-15H,5-7,9,11-12H2,1-4H3/t14-,15?/m1/s1. The minimum absolute atomic E-state index is 0.0125. The second kappa shape index (κ2) is 8.28. The van der Waals surface area contributed by atoms with Gasteiger partial charge in [0.25, 0.3) is 0 Å². The second-order valence-electron chi connectivity index (χ2n) is 6.47. The molecule has 1 aliphatic rings. The molecule has 1 amide bonds. The molecule has 2 heterocycles. The number of amides is 1. The van der Waals surface area contributed by atoms with Gasteiger partial charge in [0.1, 0.15) is 0 Å². The zero-order valence-corrected chi connectivity index (χ0v) is 15.1. The van der Waals surface area contributed by atoms with Crippen LogP contribution in [0.1, 0.15) is 45.0 Å². The van der Waals surface area contributed by atoms with E-state index in [-0.39, 0.29) is 12.3 Å². The lowest BCUT2D eigenvalue weighted by atomic mass is 10.0. The number of imidazole rings is 1. The summed E-state index contributed by atoms with van der Waals surface area (Å²) in [6, 6.07) is 0.382. The molecule has 0 saturated carbocycles. The zero-order chi connectivity index (χ0) is 17.7. The first-order chi connectivity index (χ1) is 11.4. The third-order valence-corrected chi connectivity index (χ3v) is 4.52. The Kier molecular flexibility index (Phi) is 6.36. The van der Waals surface area contributed by atoms with Gasteiger partial charge in [-0.1, -0.05) is 0 Å². The Labute approximate surface area is 143 Å². The van der Waals surface area contributed by atoms with E-state index in [1.54, 1.807) is 6.20 Å². The lowest BCUT2D eigenvalue weighted by Crippen LogP contribution is -2.47. The smallest absolute Gasteiger partial charge is 0.303 e. The number of aryl methyl sites for hydroxylation is 1. The average Bonchev–Trinajstić information content (AvgIpc) is 3.02. The number of carbonyl (C=O) groups is 2. The maximum Gasteiger partial charge on any atom is 0.303 e. The number of rotatable bonds is 6. The summed E-state index contributed by atoms with van der Waals surface area (Å²) in [4.78, 5) is 32.5. The molecule has 1 fully saturated rings. The summed E-state index contributed by atoms with van der Waals surface area (Å²) in [5.41, 5.74) is 0. The molecule has 1 unspecified atom stereocenters. The molecular formula is C17H28N4O3. The first-order valence-corrected chi connectivity index (χ1v) is 8.54. The minimum atomic E-state index is -0.635. The normalized spacial score (nSPS) is 19.4. The molecule has 1 saturated heterocycles. The number of carbonyl (C=O) groups excluding carboxylic acids is 2. The van der Waals surface area contributed by atoms with Crippen molar-refractivity contribution in [1.82, 2.24) is 19.4 Å². The number of aromatic nitrogens is 2. The average molecular weight is 336 g/mol. The highest BCUT2D eigenvalue weighted by Crippen LogP contribution is 2.23. The summed E-state index contributed by atoms with van der Waals surface area (Å²) in [6.45, 7) is 5.55. The quantitative estimate of drug-likeness (QED) is 0.736. The van der Waals surface area contributed by atoms with Gasteiger partial charge >= 0.3 is 5.97 Å². The molecule has 2 rings (SSSR count). The van der Waals surface area contributed by atoms with E-state index in [4.69, 9.17) is 4.74 Å². The van der Waals surface area contributed by atoms with Gasteiger partial charge in [0.05, 0.1) is 6.42 Å². The zero-order valence-electron chi connectivity index (χ0n) is 15.1. The molecule has 24 heavy (non-hydrogen) atoms. The Morgan fingerprint density at radius 3 is 2.83 bits per heavy atom. The maximum atomic E-state index is 12.7.